The number of fused-ring (bicyclic) bond motifs is 2. The van der Waals surface area contributed by atoms with Crippen molar-refractivity contribution < 1.29 is 4.79 Å². The summed E-state index contributed by atoms with van der Waals surface area (Å²) in [6, 6.07) is 16.7. The van der Waals surface area contributed by atoms with Crippen molar-refractivity contribution >= 4 is 38.4 Å². The number of aryl methyl sites for hydroxylation is 1. The quantitative estimate of drug-likeness (QED) is 0.492. The Labute approximate surface area is 168 Å². The van der Waals surface area contributed by atoms with Gasteiger partial charge in [-0.2, -0.15) is 0 Å². The molecule has 1 fully saturated rings. The lowest BCUT2D eigenvalue weighted by Crippen LogP contribution is -2.30. The maximum absolute atomic E-state index is 12.9. The van der Waals surface area contributed by atoms with Crippen molar-refractivity contribution in [2.75, 3.05) is 6.54 Å². The molecule has 4 nitrogen and oxygen atoms in total. The lowest BCUT2D eigenvalue weighted by Gasteiger charge is -2.23. The van der Waals surface area contributed by atoms with Crippen LogP contribution in [0.1, 0.15) is 42.3 Å². The second-order valence-corrected chi connectivity index (χ2v) is 8.54. The van der Waals surface area contributed by atoms with Crippen molar-refractivity contribution in [3.8, 4) is 0 Å². The number of benzene rings is 2. The highest BCUT2D eigenvalue weighted by atomic mass is 32.1. The molecule has 1 amide bonds. The number of hydrogen-bond donors (Lipinski definition) is 1. The maximum Gasteiger partial charge on any atom is 0.223 e. The number of nitrogens with one attached hydrogen (secondary N) is 1. The van der Waals surface area contributed by atoms with Crippen molar-refractivity contribution in [1.82, 2.24) is 14.9 Å². The summed E-state index contributed by atoms with van der Waals surface area (Å²) < 4.78 is 1.20. The Morgan fingerprint density at radius 1 is 1.18 bits per heavy atom. The molecule has 2 aromatic carbocycles. The number of aromatic amines is 1. The summed E-state index contributed by atoms with van der Waals surface area (Å²) in [6.07, 6.45) is 6.57. The van der Waals surface area contributed by atoms with E-state index in [1.54, 1.807) is 11.3 Å². The first kappa shape index (κ1) is 17.4. The molecule has 0 aliphatic carbocycles. The molecule has 0 bridgehead atoms. The van der Waals surface area contributed by atoms with Crippen LogP contribution in [0.4, 0.5) is 0 Å². The molecule has 1 N–H and O–H groups in total. The summed E-state index contributed by atoms with van der Waals surface area (Å²) >= 11 is 1.73. The highest BCUT2D eigenvalue weighted by molar-refractivity contribution is 7.18. The zero-order valence-electron chi connectivity index (χ0n) is 15.7. The first-order valence-corrected chi connectivity index (χ1v) is 10.8. The highest BCUT2D eigenvalue weighted by Gasteiger charge is 2.31. The predicted octanol–water partition coefficient (Wildman–Crippen LogP) is 5.46. The summed E-state index contributed by atoms with van der Waals surface area (Å²) in [5, 5.41) is 2.35. The molecule has 1 saturated heterocycles. The van der Waals surface area contributed by atoms with Gasteiger partial charge in [0.05, 0.1) is 16.3 Å². The zero-order chi connectivity index (χ0) is 18.9. The fourth-order valence-electron chi connectivity index (χ4n) is 4.27. The van der Waals surface area contributed by atoms with Gasteiger partial charge in [-0.1, -0.05) is 30.3 Å². The van der Waals surface area contributed by atoms with E-state index in [2.05, 4.69) is 46.4 Å². The van der Waals surface area contributed by atoms with Crippen molar-refractivity contribution in [2.45, 2.75) is 38.1 Å². The Hall–Kier alpha value is -2.66. The van der Waals surface area contributed by atoms with E-state index in [-0.39, 0.29) is 11.9 Å². The van der Waals surface area contributed by atoms with E-state index in [1.165, 1.54) is 21.2 Å². The Balaban J connectivity index is 1.25. The van der Waals surface area contributed by atoms with Gasteiger partial charge < -0.3 is 9.88 Å². The van der Waals surface area contributed by atoms with Crippen LogP contribution in [-0.4, -0.2) is 27.3 Å². The number of amides is 1. The van der Waals surface area contributed by atoms with Crippen LogP contribution in [0.15, 0.2) is 54.7 Å². The van der Waals surface area contributed by atoms with Crippen LogP contribution in [0.25, 0.3) is 21.1 Å². The summed E-state index contributed by atoms with van der Waals surface area (Å²) in [7, 11) is 0. The van der Waals surface area contributed by atoms with E-state index in [0.29, 0.717) is 6.42 Å². The molecule has 5 heteroatoms. The molecule has 5 rings (SSSR count). The van der Waals surface area contributed by atoms with Gasteiger partial charge in [-0.05, 0) is 49.4 Å². The van der Waals surface area contributed by atoms with Gasteiger partial charge in [0.15, 0.2) is 0 Å². The predicted molar refractivity (Wildman–Crippen MR) is 115 cm³/mol. The number of carbonyl (C=O) groups is 1. The second-order valence-electron chi connectivity index (χ2n) is 7.48. The van der Waals surface area contributed by atoms with Crippen molar-refractivity contribution in [1.29, 1.82) is 0 Å². The van der Waals surface area contributed by atoms with Gasteiger partial charge in [-0.3, -0.25) is 4.79 Å². The van der Waals surface area contributed by atoms with Crippen LogP contribution in [-0.2, 0) is 11.2 Å². The minimum atomic E-state index is 0.151. The summed E-state index contributed by atoms with van der Waals surface area (Å²) in [4.78, 5) is 23.1. The Bertz CT molecular complexity index is 1100. The molecule has 0 saturated carbocycles. The normalized spacial score (nSPS) is 17.0. The lowest BCUT2D eigenvalue weighted by atomic mass is 10.1. The van der Waals surface area contributed by atoms with Crippen molar-refractivity contribution in [2.24, 2.45) is 0 Å². The van der Waals surface area contributed by atoms with E-state index < -0.39 is 0 Å². The van der Waals surface area contributed by atoms with Gasteiger partial charge in [-0.15, -0.1) is 11.3 Å². The van der Waals surface area contributed by atoms with Gasteiger partial charge in [-0.25, -0.2) is 4.98 Å². The standard InChI is InChI=1S/C23H23N3OS/c27-22(13-5-7-16-15-24-18-9-2-1-8-17(16)18)26-14-6-11-20(26)23-25-19-10-3-4-12-21(19)28-23/h1-4,8-10,12,15,20,24H,5-7,11,13-14H2/t20-/m1/s1. The number of rotatable bonds is 5. The Morgan fingerprint density at radius 2 is 2.04 bits per heavy atom. The first-order valence-electron chi connectivity index (χ1n) is 9.99. The fraction of sp³-hybridized carbons (Fsp3) is 0.304. The monoisotopic (exact) mass is 389 g/mol. The van der Waals surface area contributed by atoms with Crippen LogP contribution in [0.5, 0.6) is 0 Å². The molecule has 0 spiro atoms. The average Bonchev–Trinajstić information content (AvgIpc) is 3.45. The summed E-state index contributed by atoms with van der Waals surface area (Å²) in [6.45, 7) is 0.854. The molecule has 142 valence electrons. The van der Waals surface area contributed by atoms with Crippen LogP contribution in [0, 0.1) is 0 Å². The van der Waals surface area contributed by atoms with E-state index in [9.17, 15) is 4.79 Å². The van der Waals surface area contributed by atoms with Gasteiger partial charge in [0.25, 0.3) is 0 Å². The highest BCUT2D eigenvalue weighted by Crippen LogP contribution is 2.36. The van der Waals surface area contributed by atoms with Gasteiger partial charge in [0.1, 0.15) is 5.01 Å². The molecule has 0 unspecified atom stereocenters. The molecule has 2 aromatic heterocycles. The fourth-order valence-corrected chi connectivity index (χ4v) is 5.38. The van der Waals surface area contributed by atoms with Gasteiger partial charge in [0.2, 0.25) is 5.91 Å². The number of hydrogen-bond acceptors (Lipinski definition) is 3. The molecule has 0 radical (unpaired) electrons. The summed E-state index contributed by atoms with van der Waals surface area (Å²) in [5.74, 6) is 0.265. The Morgan fingerprint density at radius 3 is 2.96 bits per heavy atom. The molecule has 4 aromatic rings. The first-order chi connectivity index (χ1) is 13.8. The van der Waals surface area contributed by atoms with Crippen molar-refractivity contribution in [3.63, 3.8) is 0 Å². The van der Waals surface area contributed by atoms with E-state index in [4.69, 9.17) is 4.98 Å². The molecular weight excluding hydrogens is 366 g/mol. The number of thiazole rings is 1. The topological polar surface area (TPSA) is 49.0 Å². The Kier molecular flexibility index (Phi) is 4.61. The van der Waals surface area contributed by atoms with Crippen LogP contribution < -0.4 is 0 Å². The smallest absolute Gasteiger partial charge is 0.223 e. The molecule has 28 heavy (non-hydrogen) atoms. The lowest BCUT2D eigenvalue weighted by molar-refractivity contribution is -0.132. The number of aromatic nitrogens is 2. The van der Waals surface area contributed by atoms with Crippen molar-refractivity contribution in [3.05, 3.63) is 65.3 Å². The number of nitrogens with zero attached hydrogens (tertiary/aromatic N) is 2. The van der Waals surface area contributed by atoms with E-state index in [0.717, 1.165) is 42.8 Å². The summed E-state index contributed by atoms with van der Waals surface area (Å²) in [5.41, 5.74) is 3.51. The molecule has 3 heterocycles. The minimum absolute atomic E-state index is 0.151. The molecule has 1 aliphatic heterocycles. The number of H-pyrrole nitrogens is 1. The van der Waals surface area contributed by atoms with Crippen LogP contribution >= 0.6 is 11.3 Å². The SMILES string of the molecule is O=C(CCCc1c[nH]c2ccccc12)N1CCC[C@@H]1c1nc2ccccc2s1. The third-order valence-electron chi connectivity index (χ3n) is 5.68. The minimum Gasteiger partial charge on any atom is -0.361 e. The zero-order valence-corrected chi connectivity index (χ0v) is 16.5. The number of para-hydroxylation sites is 2. The molecular formula is C23H23N3OS. The second kappa shape index (κ2) is 7.40. The number of carbonyl (C=O) groups excluding carboxylic acids is 1. The van der Waals surface area contributed by atoms with Gasteiger partial charge in [0, 0.05) is 30.1 Å². The van der Waals surface area contributed by atoms with Gasteiger partial charge >= 0.3 is 0 Å². The average molecular weight is 390 g/mol. The third-order valence-corrected chi connectivity index (χ3v) is 6.82. The maximum atomic E-state index is 12.9. The largest absolute Gasteiger partial charge is 0.361 e. The molecule has 1 aliphatic rings. The van der Waals surface area contributed by atoms with Crippen LogP contribution in [0.2, 0.25) is 0 Å². The number of likely N-dealkylation sites (tertiary alicyclic amines) is 1. The van der Waals surface area contributed by atoms with E-state index in [1.807, 2.05) is 18.2 Å². The molecule has 1 atom stereocenters. The van der Waals surface area contributed by atoms with Crippen LogP contribution in [0.3, 0.4) is 0 Å². The third kappa shape index (κ3) is 3.20. The van der Waals surface area contributed by atoms with E-state index >= 15 is 0 Å².